The highest BCUT2D eigenvalue weighted by molar-refractivity contribution is 6.34. The van der Waals surface area contributed by atoms with Crippen molar-refractivity contribution in [3.63, 3.8) is 0 Å². The van der Waals surface area contributed by atoms with Gasteiger partial charge in [0, 0.05) is 19.5 Å². The lowest BCUT2D eigenvalue weighted by Gasteiger charge is -2.18. The van der Waals surface area contributed by atoms with Gasteiger partial charge in [-0.2, -0.15) is 0 Å². The molecule has 1 aliphatic rings. The Morgan fingerprint density at radius 1 is 1.18 bits per heavy atom. The Morgan fingerprint density at radius 2 is 1.89 bits per heavy atom. The molecule has 0 aliphatic carbocycles. The molecule has 1 fully saturated rings. The van der Waals surface area contributed by atoms with Crippen LogP contribution in [-0.4, -0.2) is 30.8 Å². The molecule has 6 nitrogen and oxygen atoms in total. The fourth-order valence-electron chi connectivity index (χ4n) is 3.07. The largest absolute Gasteiger partial charge is 0.349 e. The van der Waals surface area contributed by atoms with Gasteiger partial charge in [0.25, 0.3) is 5.91 Å². The van der Waals surface area contributed by atoms with Gasteiger partial charge in [0.1, 0.15) is 0 Å². The average Bonchev–Trinajstić information content (AvgIpc) is 3.08. The predicted molar refractivity (Wildman–Crippen MR) is 110 cm³/mol. The van der Waals surface area contributed by atoms with Gasteiger partial charge >= 0.3 is 0 Å². The van der Waals surface area contributed by atoms with E-state index >= 15 is 0 Å². The van der Waals surface area contributed by atoms with E-state index in [-0.39, 0.29) is 30.7 Å². The highest BCUT2D eigenvalue weighted by Gasteiger charge is 2.36. The number of amides is 3. The topological polar surface area (TPSA) is 78.5 Å². The molecule has 1 unspecified atom stereocenters. The molecule has 2 aromatic carbocycles. The van der Waals surface area contributed by atoms with Gasteiger partial charge in [0.05, 0.1) is 27.9 Å². The van der Waals surface area contributed by atoms with Crippen LogP contribution in [0, 0.1) is 5.92 Å². The Bertz CT molecular complexity index is 929. The molecule has 1 atom stereocenters. The maximum Gasteiger partial charge on any atom is 0.253 e. The molecule has 28 heavy (non-hydrogen) atoms. The van der Waals surface area contributed by atoms with E-state index < -0.39 is 5.92 Å². The van der Waals surface area contributed by atoms with Gasteiger partial charge in [-0.25, -0.2) is 0 Å². The summed E-state index contributed by atoms with van der Waals surface area (Å²) in [7, 11) is 0. The first kappa shape index (κ1) is 19.6. The second kappa shape index (κ2) is 8.71. The summed E-state index contributed by atoms with van der Waals surface area (Å²) in [6.45, 7) is 4.12. The van der Waals surface area contributed by atoms with Gasteiger partial charge in [-0.15, -0.1) is 6.58 Å². The smallest absolute Gasteiger partial charge is 0.253 e. The Balaban J connectivity index is 1.73. The van der Waals surface area contributed by atoms with Crippen LogP contribution < -0.4 is 15.5 Å². The van der Waals surface area contributed by atoms with Crippen LogP contribution in [0.2, 0.25) is 5.02 Å². The minimum atomic E-state index is -0.534. The summed E-state index contributed by atoms with van der Waals surface area (Å²) >= 11 is 6.18. The number of nitrogens with one attached hydrogen (secondary N) is 2. The Hall–Kier alpha value is -3.12. The van der Waals surface area contributed by atoms with E-state index in [1.165, 1.54) is 4.90 Å². The number of carbonyl (C=O) groups excluding carboxylic acids is 3. The monoisotopic (exact) mass is 397 g/mol. The number of nitrogens with zero attached hydrogens (tertiary/aromatic N) is 1. The molecule has 1 heterocycles. The van der Waals surface area contributed by atoms with Crippen LogP contribution in [0.25, 0.3) is 0 Å². The van der Waals surface area contributed by atoms with Crippen LogP contribution in [0.5, 0.6) is 0 Å². The molecule has 144 valence electrons. The van der Waals surface area contributed by atoms with Crippen molar-refractivity contribution in [3.05, 3.63) is 71.8 Å². The van der Waals surface area contributed by atoms with Gasteiger partial charge in [0.15, 0.2) is 0 Å². The molecule has 0 bridgehead atoms. The highest BCUT2D eigenvalue weighted by atomic mass is 35.5. The van der Waals surface area contributed by atoms with Gasteiger partial charge in [0.2, 0.25) is 11.8 Å². The third-order valence-corrected chi connectivity index (χ3v) is 4.80. The zero-order valence-corrected chi connectivity index (χ0v) is 15.9. The molecular formula is C21H20ClN3O3. The summed E-state index contributed by atoms with van der Waals surface area (Å²) in [5.74, 6) is -1.32. The molecule has 0 radical (unpaired) electrons. The van der Waals surface area contributed by atoms with E-state index in [0.717, 1.165) is 0 Å². The van der Waals surface area contributed by atoms with Gasteiger partial charge < -0.3 is 15.5 Å². The first-order valence-electron chi connectivity index (χ1n) is 8.85. The molecule has 2 aromatic rings. The molecular weight excluding hydrogens is 378 g/mol. The van der Waals surface area contributed by atoms with E-state index in [1.54, 1.807) is 54.6 Å². The quantitative estimate of drug-likeness (QED) is 0.734. The van der Waals surface area contributed by atoms with Crippen molar-refractivity contribution >= 4 is 40.7 Å². The minimum Gasteiger partial charge on any atom is -0.349 e. The predicted octanol–water partition coefficient (Wildman–Crippen LogP) is 3.25. The van der Waals surface area contributed by atoms with Gasteiger partial charge in [-0.05, 0) is 24.3 Å². The van der Waals surface area contributed by atoms with Crippen molar-refractivity contribution < 1.29 is 14.4 Å². The van der Waals surface area contributed by atoms with E-state index in [9.17, 15) is 14.4 Å². The molecule has 2 N–H and O–H groups in total. The van der Waals surface area contributed by atoms with Crippen molar-refractivity contribution in [2.75, 3.05) is 23.3 Å². The average molecular weight is 398 g/mol. The second-order valence-corrected chi connectivity index (χ2v) is 6.80. The highest BCUT2D eigenvalue weighted by Crippen LogP contribution is 2.31. The number of para-hydroxylation sites is 2. The molecule has 3 amide bonds. The third kappa shape index (κ3) is 4.23. The Morgan fingerprint density at radius 3 is 2.64 bits per heavy atom. The standard InChI is InChI=1S/C21H20ClN3O3/c1-2-11-23-21(28)15-7-3-5-9-17(15)24-20(27)14-12-19(26)25(13-14)18-10-6-4-8-16(18)22/h2-10,14H,1,11-13H2,(H,23,28)(H,24,27). The number of rotatable bonds is 6. The molecule has 1 saturated heterocycles. The lowest BCUT2D eigenvalue weighted by Crippen LogP contribution is -2.29. The third-order valence-electron chi connectivity index (χ3n) is 4.48. The zero-order valence-electron chi connectivity index (χ0n) is 15.2. The molecule has 3 rings (SSSR count). The van der Waals surface area contributed by atoms with Crippen LogP contribution >= 0.6 is 11.6 Å². The van der Waals surface area contributed by atoms with E-state index in [2.05, 4.69) is 17.2 Å². The Labute approximate surface area is 168 Å². The molecule has 0 spiro atoms. The fraction of sp³-hybridized carbons (Fsp3) is 0.190. The lowest BCUT2D eigenvalue weighted by molar-refractivity contribution is -0.122. The van der Waals surface area contributed by atoms with Crippen molar-refractivity contribution in [1.29, 1.82) is 0 Å². The summed E-state index contributed by atoms with van der Waals surface area (Å²) in [4.78, 5) is 38.9. The zero-order chi connectivity index (χ0) is 20.1. The van der Waals surface area contributed by atoms with Crippen molar-refractivity contribution in [3.8, 4) is 0 Å². The summed E-state index contributed by atoms with van der Waals surface area (Å²) < 4.78 is 0. The minimum absolute atomic E-state index is 0.0852. The number of hydrogen-bond donors (Lipinski definition) is 2. The SMILES string of the molecule is C=CCNC(=O)c1ccccc1NC(=O)C1CC(=O)N(c2ccccc2Cl)C1. The molecule has 0 aromatic heterocycles. The molecule has 7 heteroatoms. The van der Waals surface area contributed by atoms with E-state index in [4.69, 9.17) is 11.6 Å². The second-order valence-electron chi connectivity index (χ2n) is 6.39. The van der Waals surface area contributed by atoms with E-state index in [0.29, 0.717) is 28.5 Å². The summed E-state index contributed by atoms with van der Waals surface area (Å²) in [5, 5.41) is 5.93. The van der Waals surface area contributed by atoms with Crippen molar-refractivity contribution in [2.45, 2.75) is 6.42 Å². The van der Waals surface area contributed by atoms with Crippen LogP contribution in [0.3, 0.4) is 0 Å². The van der Waals surface area contributed by atoms with Crippen LogP contribution in [-0.2, 0) is 9.59 Å². The van der Waals surface area contributed by atoms with Crippen molar-refractivity contribution in [2.24, 2.45) is 5.92 Å². The van der Waals surface area contributed by atoms with Crippen molar-refractivity contribution in [1.82, 2.24) is 5.32 Å². The number of carbonyl (C=O) groups is 3. The van der Waals surface area contributed by atoms with Gasteiger partial charge in [-0.3, -0.25) is 14.4 Å². The first-order chi connectivity index (χ1) is 13.5. The molecule has 1 aliphatic heterocycles. The lowest BCUT2D eigenvalue weighted by atomic mass is 10.1. The number of hydrogen-bond acceptors (Lipinski definition) is 3. The van der Waals surface area contributed by atoms with Crippen LogP contribution in [0.1, 0.15) is 16.8 Å². The maximum absolute atomic E-state index is 12.7. The first-order valence-corrected chi connectivity index (χ1v) is 9.23. The summed E-state index contributed by atoms with van der Waals surface area (Å²) in [6.07, 6.45) is 1.66. The normalized spacial score (nSPS) is 16.0. The Kier molecular flexibility index (Phi) is 6.11. The van der Waals surface area contributed by atoms with Crippen LogP contribution in [0.15, 0.2) is 61.2 Å². The maximum atomic E-state index is 12.7. The number of benzene rings is 2. The van der Waals surface area contributed by atoms with Crippen LogP contribution in [0.4, 0.5) is 11.4 Å². The summed E-state index contributed by atoms with van der Waals surface area (Å²) in [5.41, 5.74) is 1.34. The van der Waals surface area contributed by atoms with E-state index in [1.807, 2.05) is 0 Å². The number of anilines is 2. The fourth-order valence-corrected chi connectivity index (χ4v) is 3.31. The number of halogens is 1. The van der Waals surface area contributed by atoms with Gasteiger partial charge in [-0.1, -0.05) is 41.9 Å². The molecule has 0 saturated carbocycles. The summed E-state index contributed by atoms with van der Waals surface area (Å²) in [6, 6.07) is 13.8.